The average Bonchev–Trinajstić information content (AvgIpc) is 2.26. The lowest BCUT2D eigenvalue weighted by Crippen LogP contribution is -2.22. The second-order valence-electron chi connectivity index (χ2n) is 3.01. The summed E-state index contributed by atoms with van der Waals surface area (Å²) in [5, 5.41) is 0. The minimum atomic E-state index is -4.93. The summed E-state index contributed by atoms with van der Waals surface area (Å²) >= 11 is 1.70. The SMILES string of the molecule is COC(=O)c1cnc(I)c(CN)c1OC(F)(F)F. The average molecular weight is 376 g/mol. The number of hydrogen-bond donors (Lipinski definition) is 1. The number of rotatable bonds is 3. The van der Waals surface area contributed by atoms with Gasteiger partial charge in [-0.15, -0.1) is 13.2 Å². The molecule has 0 fully saturated rings. The van der Waals surface area contributed by atoms with Gasteiger partial charge in [-0.1, -0.05) is 0 Å². The van der Waals surface area contributed by atoms with Gasteiger partial charge in [0, 0.05) is 18.3 Å². The van der Waals surface area contributed by atoms with E-state index in [1.165, 1.54) is 0 Å². The van der Waals surface area contributed by atoms with Crippen LogP contribution >= 0.6 is 22.6 Å². The lowest BCUT2D eigenvalue weighted by molar-refractivity contribution is -0.275. The van der Waals surface area contributed by atoms with E-state index in [0.717, 1.165) is 13.3 Å². The highest BCUT2D eigenvalue weighted by Gasteiger charge is 2.35. The summed E-state index contributed by atoms with van der Waals surface area (Å²) in [5.41, 5.74) is 4.91. The Kier molecular flexibility index (Phi) is 4.73. The summed E-state index contributed by atoms with van der Waals surface area (Å²) in [7, 11) is 1.04. The number of esters is 1. The van der Waals surface area contributed by atoms with Crippen LogP contribution in [0.1, 0.15) is 15.9 Å². The third kappa shape index (κ3) is 3.45. The highest BCUT2D eigenvalue weighted by Crippen LogP contribution is 2.32. The number of nitrogens with zero attached hydrogens (tertiary/aromatic N) is 1. The molecule has 0 saturated carbocycles. The third-order valence-corrected chi connectivity index (χ3v) is 2.83. The Labute approximate surface area is 114 Å². The first-order chi connectivity index (χ1) is 8.30. The summed E-state index contributed by atoms with van der Waals surface area (Å²) < 4.78 is 45.3. The second kappa shape index (κ2) is 5.69. The fraction of sp³-hybridized carbons (Fsp3) is 0.333. The topological polar surface area (TPSA) is 74.4 Å². The van der Waals surface area contributed by atoms with E-state index in [4.69, 9.17) is 5.73 Å². The number of hydrogen-bond acceptors (Lipinski definition) is 5. The molecule has 0 aliphatic carbocycles. The second-order valence-corrected chi connectivity index (χ2v) is 4.04. The maximum Gasteiger partial charge on any atom is 0.573 e. The van der Waals surface area contributed by atoms with Crippen molar-refractivity contribution in [2.24, 2.45) is 5.73 Å². The van der Waals surface area contributed by atoms with Crippen molar-refractivity contribution in [1.82, 2.24) is 4.98 Å². The van der Waals surface area contributed by atoms with E-state index in [1.54, 1.807) is 22.6 Å². The van der Waals surface area contributed by atoms with Crippen LogP contribution in [-0.2, 0) is 11.3 Å². The number of carbonyl (C=O) groups excluding carboxylic acids is 1. The standard InChI is InChI=1S/C9H8F3IN2O3/c1-17-8(16)5-3-15-7(13)4(2-14)6(5)18-9(10,11)12/h3H,2,14H2,1H3. The number of halogens is 4. The zero-order valence-corrected chi connectivity index (χ0v) is 11.2. The molecular formula is C9H8F3IN2O3. The summed E-state index contributed by atoms with van der Waals surface area (Å²) in [6.07, 6.45) is -3.98. The molecule has 0 spiro atoms. The van der Waals surface area contributed by atoms with E-state index in [2.05, 4.69) is 14.5 Å². The van der Waals surface area contributed by atoms with Gasteiger partial charge >= 0.3 is 12.3 Å². The van der Waals surface area contributed by atoms with Crippen LogP contribution in [0.2, 0.25) is 0 Å². The zero-order valence-electron chi connectivity index (χ0n) is 9.05. The van der Waals surface area contributed by atoms with Crippen molar-refractivity contribution in [3.8, 4) is 5.75 Å². The largest absolute Gasteiger partial charge is 0.573 e. The van der Waals surface area contributed by atoms with E-state index in [9.17, 15) is 18.0 Å². The Morgan fingerprint density at radius 1 is 1.56 bits per heavy atom. The molecule has 100 valence electrons. The first kappa shape index (κ1) is 15.0. The van der Waals surface area contributed by atoms with Crippen LogP contribution in [0.3, 0.4) is 0 Å². The quantitative estimate of drug-likeness (QED) is 0.495. The number of methoxy groups -OCH3 is 1. The molecule has 1 rings (SSSR count). The molecule has 0 aliphatic heterocycles. The first-order valence-corrected chi connectivity index (χ1v) is 5.59. The zero-order chi connectivity index (χ0) is 13.9. The predicted octanol–water partition coefficient (Wildman–Crippen LogP) is 1.83. The molecule has 0 amide bonds. The van der Waals surface area contributed by atoms with Gasteiger partial charge < -0.3 is 15.2 Å². The molecule has 18 heavy (non-hydrogen) atoms. The molecule has 1 aromatic rings. The van der Waals surface area contributed by atoms with Crippen molar-refractivity contribution in [1.29, 1.82) is 0 Å². The number of ether oxygens (including phenoxy) is 2. The monoisotopic (exact) mass is 376 g/mol. The van der Waals surface area contributed by atoms with Gasteiger partial charge in [-0.3, -0.25) is 0 Å². The van der Waals surface area contributed by atoms with E-state index >= 15 is 0 Å². The molecule has 0 aromatic carbocycles. The normalized spacial score (nSPS) is 11.2. The van der Waals surface area contributed by atoms with E-state index < -0.39 is 23.6 Å². The Balaban J connectivity index is 3.39. The highest BCUT2D eigenvalue weighted by molar-refractivity contribution is 14.1. The summed E-state index contributed by atoms with van der Waals surface area (Å²) in [5.74, 6) is -1.65. The Bertz CT molecular complexity index is 465. The van der Waals surface area contributed by atoms with Crippen LogP contribution in [0.4, 0.5) is 13.2 Å². The minimum Gasteiger partial charge on any atom is -0.465 e. The van der Waals surface area contributed by atoms with Crippen molar-refractivity contribution >= 4 is 28.6 Å². The first-order valence-electron chi connectivity index (χ1n) is 4.51. The van der Waals surface area contributed by atoms with Crippen molar-refractivity contribution in [2.75, 3.05) is 7.11 Å². The predicted molar refractivity (Wildman–Crippen MR) is 62.9 cm³/mol. The molecule has 2 N–H and O–H groups in total. The van der Waals surface area contributed by atoms with E-state index in [0.29, 0.717) is 0 Å². The molecule has 5 nitrogen and oxygen atoms in total. The number of pyridine rings is 1. The fourth-order valence-electron chi connectivity index (χ4n) is 1.18. The van der Waals surface area contributed by atoms with Crippen LogP contribution in [-0.4, -0.2) is 24.4 Å². The third-order valence-electron chi connectivity index (χ3n) is 1.90. The van der Waals surface area contributed by atoms with Crippen molar-refractivity contribution < 1.29 is 27.4 Å². The maximum absolute atomic E-state index is 12.3. The Hall–Kier alpha value is -1.10. The number of carbonyl (C=O) groups is 1. The van der Waals surface area contributed by atoms with Gasteiger partial charge in [0.15, 0.2) is 5.75 Å². The van der Waals surface area contributed by atoms with E-state index in [1.807, 2.05) is 0 Å². The minimum absolute atomic E-state index is 0.00387. The van der Waals surface area contributed by atoms with Crippen LogP contribution in [0.25, 0.3) is 0 Å². The van der Waals surface area contributed by atoms with Gasteiger partial charge in [0.25, 0.3) is 0 Å². The van der Waals surface area contributed by atoms with Crippen molar-refractivity contribution in [2.45, 2.75) is 12.9 Å². The van der Waals surface area contributed by atoms with Gasteiger partial charge in [-0.05, 0) is 22.6 Å². The van der Waals surface area contributed by atoms with Crippen LogP contribution in [0.15, 0.2) is 6.20 Å². The molecule has 0 bridgehead atoms. The van der Waals surface area contributed by atoms with Gasteiger partial charge in [-0.2, -0.15) is 0 Å². The summed E-state index contributed by atoms with van der Waals surface area (Å²) in [4.78, 5) is 15.1. The molecular weight excluding hydrogens is 368 g/mol. The van der Waals surface area contributed by atoms with Crippen molar-refractivity contribution in [3.05, 3.63) is 21.0 Å². The maximum atomic E-state index is 12.3. The smallest absolute Gasteiger partial charge is 0.465 e. The summed E-state index contributed by atoms with van der Waals surface area (Å²) in [6.45, 7) is -0.248. The van der Waals surface area contributed by atoms with Crippen LogP contribution in [0.5, 0.6) is 5.75 Å². The molecule has 1 aromatic heterocycles. The van der Waals surface area contributed by atoms with Gasteiger partial charge in [0.05, 0.1) is 7.11 Å². The molecule has 0 aliphatic rings. The van der Waals surface area contributed by atoms with E-state index in [-0.39, 0.29) is 15.8 Å². The Morgan fingerprint density at radius 2 is 2.17 bits per heavy atom. The molecule has 0 radical (unpaired) electrons. The number of aromatic nitrogens is 1. The molecule has 1 heterocycles. The van der Waals surface area contributed by atoms with Gasteiger partial charge in [0.2, 0.25) is 0 Å². The van der Waals surface area contributed by atoms with Gasteiger partial charge in [-0.25, -0.2) is 9.78 Å². The fourth-order valence-corrected chi connectivity index (χ4v) is 1.78. The van der Waals surface area contributed by atoms with Gasteiger partial charge in [0.1, 0.15) is 9.26 Å². The van der Waals surface area contributed by atoms with Crippen molar-refractivity contribution in [3.63, 3.8) is 0 Å². The molecule has 0 atom stereocenters. The molecule has 9 heteroatoms. The molecule has 0 unspecified atom stereocenters. The van der Waals surface area contributed by atoms with Crippen LogP contribution in [0, 0.1) is 3.70 Å². The summed E-state index contributed by atoms with van der Waals surface area (Å²) in [6, 6.07) is 0. The number of nitrogens with two attached hydrogens (primary N) is 1. The number of alkyl halides is 3. The Morgan fingerprint density at radius 3 is 2.61 bits per heavy atom. The highest BCUT2D eigenvalue weighted by atomic mass is 127. The lowest BCUT2D eigenvalue weighted by Gasteiger charge is -2.16. The lowest BCUT2D eigenvalue weighted by atomic mass is 10.1. The molecule has 0 saturated heterocycles. The van der Waals surface area contributed by atoms with Crippen LogP contribution < -0.4 is 10.5 Å².